The zero-order chi connectivity index (χ0) is 24.3. The minimum atomic E-state index is -1.49. The van der Waals surface area contributed by atoms with Crippen molar-refractivity contribution in [1.82, 2.24) is 0 Å². The van der Waals surface area contributed by atoms with Gasteiger partial charge >= 0.3 is 0 Å². The Hall–Kier alpha value is -2.03. The number of nitrogens with zero attached hydrogens (tertiary/aromatic N) is 2. The fourth-order valence-electron chi connectivity index (χ4n) is 4.22. The number of rotatable bonds is 7. The summed E-state index contributed by atoms with van der Waals surface area (Å²) in [4.78, 5) is 7.60. The Kier molecular flexibility index (Phi) is 12.2. The Labute approximate surface area is 239 Å². The van der Waals surface area contributed by atoms with Crippen LogP contribution in [-0.4, -0.2) is 31.1 Å². The van der Waals surface area contributed by atoms with E-state index in [0.29, 0.717) is 0 Å². The van der Waals surface area contributed by atoms with Crippen LogP contribution in [0, 0.1) is 20.3 Å². The molecular weight excluding hydrogens is 656 g/mol. The maximum atomic E-state index is 7.06. The Morgan fingerprint density at radius 1 is 0.784 bits per heavy atom. The molecule has 6 heteroatoms. The predicted molar refractivity (Wildman–Crippen MR) is 159 cm³/mol. The van der Waals surface area contributed by atoms with Gasteiger partial charge in [-0.3, -0.25) is 4.99 Å². The second-order valence-corrected chi connectivity index (χ2v) is 12.3. The average Bonchev–Trinajstić information content (AvgIpc) is 3.31. The Bertz CT molecular complexity index is 1070. The van der Waals surface area contributed by atoms with Gasteiger partial charge in [-0.1, -0.05) is 57.2 Å². The van der Waals surface area contributed by atoms with E-state index in [0.717, 1.165) is 23.8 Å². The van der Waals surface area contributed by atoms with Crippen LogP contribution in [0.25, 0.3) is 0 Å². The standard InChI is InChI=1S/C29H35N2O2P.2CH3.Ir/c1-28(2,3)26-21-31(22-17-19-23(32-6)20-18-22)27(30-26)29(4,5)33-34(24-13-9-7-10-14-24)25-15-11-8-12-16-25;;;/h7-20,26H,21H2,1-6H3;2*1H3;/q;2*-1;/p+1/t26-;;;/m1.../s1. The molecule has 0 fully saturated rings. The van der Waals surface area contributed by atoms with E-state index in [2.05, 4.69) is 112 Å². The smallest absolute Gasteiger partial charge is 0.199 e. The average molecular weight is 698 g/mol. The third-order valence-corrected chi connectivity index (χ3v) is 8.67. The summed E-state index contributed by atoms with van der Waals surface area (Å²) in [6.45, 7) is 11.9. The first-order chi connectivity index (χ1) is 16.2. The monoisotopic (exact) mass is 698 g/mol. The van der Waals surface area contributed by atoms with Crippen LogP contribution in [0.15, 0.2) is 89.9 Å². The van der Waals surface area contributed by atoms with E-state index in [1.54, 1.807) is 7.11 Å². The Balaban J connectivity index is 0.00000228. The van der Waals surface area contributed by atoms with E-state index in [1.165, 1.54) is 10.6 Å². The van der Waals surface area contributed by atoms with Crippen molar-refractivity contribution >= 4 is 30.3 Å². The number of anilines is 1. The molecule has 0 N–H and O–H groups in total. The van der Waals surface area contributed by atoms with Crippen molar-refractivity contribution in [2.75, 3.05) is 18.6 Å². The molecule has 0 spiro atoms. The molecule has 1 aliphatic heterocycles. The van der Waals surface area contributed by atoms with Crippen LogP contribution >= 0.6 is 8.15 Å². The van der Waals surface area contributed by atoms with Gasteiger partial charge in [0.15, 0.2) is 13.7 Å². The van der Waals surface area contributed by atoms with Crippen LogP contribution in [0.5, 0.6) is 5.75 Å². The summed E-state index contributed by atoms with van der Waals surface area (Å²) in [5, 5.41) is 2.46. The molecule has 4 nitrogen and oxygen atoms in total. The number of hydrogen-bond acceptors (Lipinski definition) is 4. The van der Waals surface area contributed by atoms with Gasteiger partial charge in [0.2, 0.25) is 0 Å². The molecule has 0 saturated heterocycles. The van der Waals surface area contributed by atoms with Crippen LogP contribution in [-0.2, 0) is 24.6 Å². The van der Waals surface area contributed by atoms with Gasteiger partial charge in [0.05, 0.1) is 13.2 Å². The summed E-state index contributed by atoms with van der Waals surface area (Å²) in [5.74, 6) is 1.83. The van der Waals surface area contributed by atoms with Gasteiger partial charge in [-0.15, -0.1) is 0 Å². The largest absolute Gasteiger partial charge is 0.497 e. The van der Waals surface area contributed by atoms with E-state index < -0.39 is 13.7 Å². The molecule has 0 unspecified atom stereocenters. The predicted octanol–water partition coefficient (Wildman–Crippen LogP) is 6.80. The first-order valence-corrected chi connectivity index (χ1v) is 13.3. The summed E-state index contributed by atoms with van der Waals surface area (Å²) < 4.78 is 12.4. The number of benzene rings is 3. The molecule has 3 aromatic rings. The summed E-state index contributed by atoms with van der Waals surface area (Å²) >= 11 is 0. The zero-order valence-electron chi connectivity index (χ0n) is 23.4. The molecule has 4 rings (SSSR count). The van der Waals surface area contributed by atoms with Gasteiger partial charge in [-0.25, -0.2) is 4.52 Å². The van der Waals surface area contributed by atoms with Crippen molar-refractivity contribution in [3.8, 4) is 5.75 Å². The van der Waals surface area contributed by atoms with Crippen LogP contribution in [0.3, 0.4) is 0 Å². The van der Waals surface area contributed by atoms with E-state index in [4.69, 9.17) is 14.3 Å². The van der Waals surface area contributed by atoms with Gasteiger partial charge < -0.3 is 24.5 Å². The first-order valence-electron chi connectivity index (χ1n) is 11.9. The maximum absolute atomic E-state index is 7.06. The summed E-state index contributed by atoms with van der Waals surface area (Å²) in [6, 6.07) is 29.6. The van der Waals surface area contributed by atoms with Crippen molar-refractivity contribution in [1.29, 1.82) is 0 Å². The normalized spacial score (nSPS) is 15.3. The summed E-state index contributed by atoms with van der Waals surface area (Å²) in [6.07, 6.45) is 0. The first kappa shape index (κ1) is 33.0. The third-order valence-electron chi connectivity index (χ3n) is 6.24. The molecule has 37 heavy (non-hydrogen) atoms. The molecule has 1 heterocycles. The number of hydrogen-bond donors (Lipinski definition) is 0. The van der Waals surface area contributed by atoms with Crippen molar-refractivity contribution in [3.63, 3.8) is 0 Å². The van der Waals surface area contributed by atoms with Crippen molar-refractivity contribution in [2.45, 2.75) is 46.3 Å². The Morgan fingerprint density at radius 2 is 1.27 bits per heavy atom. The fourth-order valence-corrected chi connectivity index (χ4v) is 6.38. The topological polar surface area (TPSA) is 34.1 Å². The molecule has 0 aromatic heterocycles. The second kappa shape index (κ2) is 13.7. The zero-order valence-corrected chi connectivity index (χ0v) is 26.8. The van der Waals surface area contributed by atoms with Crippen LogP contribution < -0.4 is 20.2 Å². The molecular formula is C31H42IrN2O2P-. The van der Waals surface area contributed by atoms with Gasteiger partial charge in [-0.05, 0) is 67.8 Å². The van der Waals surface area contributed by atoms with Crippen LogP contribution in [0.4, 0.5) is 5.69 Å². The number of aliphatic imine (C=N–C) groups is 1. The molecule has 0 saturated carbocycles. The summed E-state index contributed by atoms with van der Waals surface area (Å²) in [5.41, 5.74) is 0.575. The van der Waals surface area contributed by atoms with Crippen LogP contribution in [0.1, 0.15) is 34.6 Å². The third kappa shape index (κ3) is 7.74. The van der Waals surface area contributed by atoms with Gasteiger partial charge in [-0.2, -0.15) is 0 Å². The van der Waals surface area contributed by atoms with Gasteiger partial charge in [0.25, 0.3) is 0 Å². The van der Waals surface area contributed by atoms with E-state index >= 15 is 0 Å². The minimum Gasteiger partial charge on any atom is -0.497 e. The molecule has 1 atom stereocenters. The Morgan fingerprint density at radius 3 is 1.70 bits per heavy atom. The number of amidine groups is 1. The van der Waals surface area contributed by atoms with Gasteiger partial charge in [0.1, 0.15) is 22.2 Å². The summed E-state index contributed by atoms with van der Waals surface area (Å²) in [7, 11) is 0.207. The number of ether oxygens (including phenoxy) is 1. The fraction of sp³-hybridized carbons (Fsp3) is 0.323. The number of methoxy groups -OCH3 is 1. The van der Waals surface area contributed by atoms with E-state index in [-0.39, 0.29) is 46.4 Å². The maximum Gasteiger partial charge on any atom is 0.199 e. The molecule has 203 valence electrons. The molecule has 3 aromatic carbocycles. The molecule has 0 aliphatic carbocycles. The quantitative estimate of drug-likeness (QED) is 0.201. The van der Waals surface area contributed by atoms with E-state index in [9.17, 15) is 0 Å². The van der Waals surface area contributed by atoms with Crippen LogP contribution in [0.2, 0.25) is 0 Å². The molecule has 1 aliphatic rings. The van der Waals surface area contributed by atoms with Crippen molar-refractivity contribution in [3.05, 3.63) is 99.8 Å². The minimum absolute atomic E-state index is 0. The molecule has 0 bridgehead atoms. The van der Waals surface area contributed by atoms with Crippen molar-refractivity contribution in [2.24, 2.45) is 10.4 Å². The van der Waals surface area contributed by atoms with E-state index in [1.807, 2.05) is 12.1 Å². The van der Waals surface area contributed by atoms with Gasteiger partial charge in [0, 0.05) is 32.3 Å². The molecule has 0 amide bonds. The SMILES string of the molecule is COc1ccc(N2C[C@H](C(C)(C)C)N=C2C(C)(C)O[PH+](c2ccccc2)c2ccccc2)cc1.[CH3-].[CH3-].[Ir]. The molecule has 1 radical (unpaired) electrons. The second-order valence-electron chi connectivity index (χ2n) is 10.3. The van der Waals surface area contributed by atoms with Crippen molar-refractivity contribution < 1.29 is 29.4 Å².